The molecular formula is C18H19N3S2. The smallest absolute Gasteiger partial charge is 0.206 e. The summed E-state index contributed by atoms with van der Waals surface area (Å²) in [6.45, 7) is 5.09. The molecule has 1 N–H and O–H groups in total. The van der Waals surface area contributed by atoms with Crippen molar-refractivity contribution in [1.29, 1.82) is 0 Å². The van der Waals surface area contributed by atoms with Gasteiger partial charge in [0.05, 0.1) is 5.25 Å². The third-order valence-electron chi connectivity index (χ3n) is 3.53. The number of aromatic nitrogens is 2. The lowest BCUT2D eigenvalue weighted by Crippen LogP contribution is -1.99. The fraction of sp³-hybridized carbons (Fsp3) is 0.222. The number of anilines is 1. The Kier molecular flexibility index (Phi) is 5.31. The Balaban J connectivity index is 1.94. The quantitative estimate of drug-likeness (QED) is 0.628. The zero-order valence-corrected chi connectivity index (χ0v) is 14.8. The van der Waals surface area contributed by atoms with Gasteiger partial charge in [-0.1, -0.05) is 77.7 Å². The zero-order chi connectivity index (χ0) is 16.1. The number of nitrogens with one attached hydrogen (secondary N) is 1. The highest BCUT2D eigenvalue weighted by molar-refractivity contribution is 8.01. The molecule has 0 aliphatic carbocycles. The molecule has 1 atom stereocenters. The topological polar surface area (TPSA) is 37.8 Å². The van der Waals surface area contributed by atoms with E-state index in [1.165, 1.54) is 16.7 Å². The first-order valence-electron chi connectivity index (χ1n) is 7.62. The van der Waals surface area contributed by atoms with Crippen LogP contribution in [0.2, 0.25) is 0 Å². The second kappa shape index (κ2) is 7.62. The number of nitrogens with zero attached hydrogens (tertiary/aromatic N) is 2. The van der Waals surface area contributed by atoms with Gasteiger partial charge in [-0.15, -0.1) is 10.2 Å². The van der Waals surface area contributed by atoms with Gasteiger partial charge < -0.3 is 5.32 Å². The molecule has 3 rings (SSSR count). The SMILES string of the molecule is CCNc1nnc(S[C@@H](c2ccccc2)c2ccccc2C)s1. The maximum absolute atomic E-state index is 4.32. The van der Waals surface area contributed by atoms with Crippen LogP contribution in [-0.2, 0) is 0 Å². The van der Waals surface area contributed by atoms with E-state index in [0.29, 0.717) is 0 Å². The molecule has 0 aliphatic heterocycles. The van der Waals surface area contributed by atoms with E-state index in [9.17, 15) is 0 Å². The molecule has 0 fully saturated rings. The summed E-state index contributed by atoms with van der Waals surface area (Å²) in [5, 5.41) is 12.9. The van der Waals surface area contributed by atoms with Gasteiger partial charge in [-0.05, 0) is 30.5 Å². The number of benzene rings is 2. The van der Waals surface area contributed by atoms with Crippen LogP contribution in [0.5, 0.6) is 0 Å². The van der Waals surface area contributed by atoms with Crippen molar-refractivity contribution >= 4 is 28.2 Å². The molecule has 23 heavy (non-hydrogen) atoms. The van der Waals surface area contributed by atoms with Crippen molar-refractivity contribution in [2.45, 2.75) is 23.4 Å². The number of hydrogen-bond acceptors (Lipinski definition) is 5. The van der Waals surface area contributed by atoms with Gasteiger partial charge in [0.2, 0.25) is 5.13 Å². The Bertz CT molecular complexity index is 756. The van der Waals surface area contributed by atoms with E-state index in [1.807, 2.05) is 0 Å². The first-order valence-corrected chi connectivity index (χ1v) is 9.32. The predicted molar refractivity (Wildman–Crippen MR) is 99.4 cm³/mol. The van der Waals surface area contributed by atoms with Gasteiger partial charge >= 0.3 is 0 Å². The maximum atomic E-state index is 4.32. The molecule has 0 saturated heterocycles. The molecule has 3 nitrogen and oxygen atoms in total. The maximum Gasteiger partial charge on any atom is 0.206 e. The second-order valence-electron chi connectivity index (χ2n) is 5.17. The fourth-order valence-corrected chi connectivity index (χ4v) is 4.64. The first kappa shape index (κ1) is 16.0. The summed E-state index contributed by atoms with van der Waals surface area (Å²) in [6.07, 6.45) is 0. The Morgan fingerprint density at radius 3 is 2.52 bits per heavy atom. The summed E-state index contributed by atoms with van der Waals surface area (Å²) in [5.41, 5.74) is 3.90. The lowest BCUT2D eigenvalue weighted by molar-refractivity contribution is 0.995. The lowest BCUT2D eigenvalue weighted by Gasteiger charge is -2.18. The van der Waals surface area contributed by atoms with Gasteiger partial charge in [-0.25, -0.2) is 0 Å². The highest BCUT2D eigenvalue weighted by atomic mass is 32.2. The van der Waals surface area contributed by atoms with Crippen LogP contribution < -0.4 is 5.32 Å². The second-order valence-corrected chi connectivity index (χ2v) is 7.50. The van der Waals surface area contributed by atoms with Crippen LogP contribution in [0.15, 0.2) is 58.9 Å². The Hall–Kier alpha value is -1.85. The van der Waals surface area contributed by atoms with Crippen LogP contribution in [0, 0.1) is 6.92 Å². The average Bonchev–Trinajstić information content (AvgIpc) is 3.02. The third kappa shape index (κ3) is 3.92. The minimum atomic E-state index is 0.222. The van der Waals surface area contributed by atoms with E-state index in [2.05, 4.69) is 84.0 Å². The molecule has 0 unspecified atom stereocenters. The van der Waals surface area contributed by atoms with Crippen molar-refractivity contribution in [1.82, 2.24) is 10.2 Å². The van der Waals surface area contributed by atoms with Crippen LogP contribution in [0.25, 0.3) is 0 Å². The van der Waals surface area contributed by atoms with E-state index in [-0.39, 0.29) is 5.25 Å². The Morgan fingerprint density at radius 2 is 1.78 bits per heavy atom. The number of hydrogen-bond donors (Lipinski definition) is 1. The van der Waals surface area contributed by atoms with Crippen molar-refractivity contribution in [2.24, 2.45) is 0 Å². The van der Waals surface area contributed by atoms with Crippen molar-refractivity contribution in [3.63, 3.8) is 0 Å². The molecule has 5 heteroatoms. The summed E-state index contributed by atoms with van der Waals surface area (Å²) >= 11 is 3.37. The minimum absolute atomic E-state index is 0.222. The monoisotopic (exact) mass is 341 g/mol. The molecule has 1 aromatic heterocycles. The number of thioether (sulfide) groups is 1. The van der Waals surface area contributed by atoms with Crippen molar-refractivity contribution in [3.05, 3.63) is 71.3 Å². The molecule has 1 heterocycles. The van der Waals surface area contributed by atoms with Gasteiger partial charge in [0.15, 0.2) is 4.34 Å². The molecule has 0 amide bonds. The van der Waals surface area contributed by atoms with E-state index >= 15 is 0 Å². The minimum Gasteiger partial charge on any atom is -0.360 e. The molecule has 3 aromatic rings. The van der Waals surface area contributed by atoms with Crippen molar-refractivity contribution in [3.8, 4) is 0 Å². The van der Waals surface area contributed by atoms with E-state index in [1.54, 1.807) is 23.1 Å². The molecule has 0 radical (unpaired) electrons. The van der Waals surface area contributed by atoms with Gasteiger partial charge in [-0.3, -0.25) is 0 Å². The van der Waals surface area contributed by atoms with E-state index in [4.69, 9.17) is 0 Å². The van der Waals surface area contributed by atoms with Crippen LogP contribution in [0.4, 0.5) is 5.13 Å². The Morgan fingerprint density at radius 1 is 1.04 bits per heavy atom. The van der Waals surface area contributed by atoms with Crippen molar-refractivity contribution < 1.29 is 0 Å². The average molecular weight is 342 g/mol. The van der Waals surface area contributed by atoms with Crippen LogP contribution in [0.1, 0.15) is 28.9 Å². The summed E-state index contributed by atoms with van der Waals surface area (Å²) in [6, 6.07) is 19.1. The summed E-state index contributed by atoms with van der Waals surface area (Å²) in [7, 11) is 0. The van der Waals surface area contributed by atoms with Crippen molar-refractivity contribution in [2.75, 3.05) is 11.9 Å². The zero-order valence-electron chi connectivity index (χ0n) is 13.2. The molecule has 2 aromatic carbocycles. The molecule has 118 valence electrons. The normalized spacial score (nSPS) is 12.1. The lowest BCUT2D eigenvalue weighted by atomic mass is 10.0. The summed E-state index contributed by atoms with van der Waals surface area (Å²) in [4.78, 5) is 0. The molecule has 0 spiro atoms. The Labute approximate surface area is 145 Å². The highest BCUT2D eigenvalue weighted by Crippen LogP contribution is 2.43. The molecule has 0 saturated carbocycles. The summed E-state index contributed by atoms with van der Waals surface area (Å²) < 4.78 is 0.984. The molecule has 0 bridgehead atoms. The predicted octanol–water partition coefficient (Wildman–Crippen LogP) is 5.16. The highest BCUT2D eigenvalue weighted by Gasteiger charge is 2.19. The van der Waals surface area contributed by atoms with E-state index < -0.39 is 0 Å². The van der Waals surface area contributed by atoms with E-state index in [0.717, 1.165) is 16.0 Å². The van der Waals surface area contributed by atoms with Crippen LogP contribution in [0.3, 0.4) is 0 Å². The van der Waals surface area contributed by atoms with Gasteiger partial charge in [0.1, 0.15) is 0 Å². The number of rotatable bonds is 6. The van der Waals surface area contributed by atoms with Gasteiger partial charge in [0.25, 0.3) is 0 Å². The van der Waals surface area contributed by atoms with Crippen LogP contribution in [-0.4, -0.2) is 16.7 Å². The van der Waals surface area contributed by atoms with Gasteiger partial charge in [-0.2, -0.15) is 0 Å². The van der Waals surface area contributed by atoms with Crippen LogP contribution >= 0.6 is 23.1 Å². The third-order valence-corrected chi connectivity index (χ3v) is 5.79. The molecule has 0 aliphatic rings. The molecular weight excluding hydrogens is 322 g/mol. The standard InChI is InChI=1S/C18H19N3S2/c1-3-19-17-20-21-18(23-17)22-16(14-10-5-4-6-11-14)15-12-8-7-9-13(15)2/h4-12,16H,3H2,1-2H3,(H,19,20)/t16-/m0/s1. The summed E-state index contributed by atoms with van der Waals surface area (Å²) in [5.74, 6) is 0. The largest absolute Gasteiger partial charge is 0.360 e. The fourth-order valence-electron chi connectivity index (χ4n) is 2.40. The first-order chi connectivity index (χ1) is 11.3. The number of aryl methyl sites for hydroxylation is 1. The van der Waals surface area contributed by atoms with Gasteiger partial charge in [0, 0.05) is 6.54 Å².